The maximum Gasteiger partial charge on any atom is 0.273 e. The highest BCUT2D eigenvalue weighted by Crippen LogP contribution is 2.28. The Labute approximate surface area is 130 Å². The molecule has 1 aromatic rings. The van der Waals surface area contributed by atoms with E-state index in [1.165, 1.54) is 10.4 Å². The molecule has 0 aliphatic carbocycles. The number of nitro groups is 1. The zero-order chi connectivity index (χ0) is 16.7. The number of hydrogen-bond donors (Lipinski definition) is 0. The fraction of sp³-hybridized carbons (Fsp3) is 0.571. The van der Waals surface area contributed by atoms with Crippen LogP contribution in [-0.4, -0.2) is 42.9 Å². The molecule has 0 unspecified atom stereocenters. The maximum atomic E-state index is 12.8. The Balaban J connectivity index is 2.48. The van der Waals surface area contributed by atoms with Crippen LogP contribution in [0.4, 0.5) is 5.69 Å². The van der Waals surface area contributed by atoms with E-state index in [1.807, 2.05) is 0 Å². The van der Waals surface area contributed by atoms with Crippen molar-refractivity contribution < 1.29 is 18.1 Å². The second kappa shape index (κ2) is 5.94. The zero-order valence-corrected chi connectivity index (χ0v) is 13.9. The summed E-state index contributed by atoms with van der Waals surface area (Å²) in [5.74, 6) is 0. The average Bonchev–Trinajstić information content (AvgIpc) is 2.40. The van der Waals surface area contributed by atoms with E-state index >= 15 is 0 Å². The van der Waals surface area contributed by atoms with Crippen molar-refractivity contribution in [3.63, 3.8) is 0 Å². The lowest BCUT2D eigenvalue weighted by Gasteiger charge is -2.34. The Hall–Kier alpha value is -1.51. The highest BCUT2D eigenvalue weighted by atomic mass is 32.2. The van der Waals surface area contributed by atoms with Gasteiger partial charge in [-0.15, -0.1) is 0 Å². The Kier molecular flexibility index (Phi) is 4.55. The summed E-state index contributed by atoms with van der Waals surface area (Å²) in [6.45, 7) is 7.39. The van der Waals surface area contributed by atoms with Crippen LogP contribution in [0.5, 0.6) is 0 Å². The predicted octanol–water partition coefficient (Wildman–Crippen LogP) is 2.01. The van der Waals surface area contributed by atoms with E-state index in [2.05, 4.69) is 0 Å². The molecule has 0 amide bonds. The summed E-state index contributed by atoms with van der Waals surface area (Å²) in [5.41, 5.74) is 0.891. The standard InChI is InChI=1S/C14H20N2O5S/c1-9-5-13(6-14(12(9)4)16(17)18)22(19,20)15-7-10(2)21-11(3)8-15/h5-6,10-11H,7-8H2,1-4H3/t10-,11+. The lowest BCUT2D eigenvalue weighted by Crippen LogP contribution is -2.48. The largest absolute Gasteiger partial charge is 0.373 e. The Morgan fingerprint density at radius 1 is 1.23 bits per heavy atom. The number of morpholine rings is 1. The molecule has 2 rings (SSSR count). The van der Waals surface area contributed by atoms with Crippen LogP contribution < -0.4 is 0 Å². The van der Waals surface area contributed by atoms with Crippen molar-refractivity contribution in [3.05, 3.63) is 33.4 Å². The van der Waals surface area contributed by atoms with Gasteiger partial charge >= 0.3 is 0 Å². The summed E-state index contributed by atoms with van der Waals surface area (Å²) in [4.78, 5) is 10.5. The summed E-state index contributed by atoms with van der Waals surface area (Å²) in [7, 11) is -3.77. The van der Waals surface area contributed by atoms with E-state index in [-0.39, 0.29) is 35.9 Å². The molecule has 0 radical (unpaired) electrons. The van der Waals surface area contributed by atoms with Gasteiger partial charge in [0.05, 0.1) is 22.0 Å². The molecule has 1 heterocycles. The normalized spacial score (nSPS) is 23.5. The maximum absolute atomic E-state index is 12.8. The van der Waals surface area contributed by atoms with Crippen LogP contribution in [0.2, 0.25) is 0 Å². The minimum Gasteiger partial charge on any atom is -0.373 e. The number of nitrogens with zero attached hydrogens (tertiary/aromatic N) is 2. The molecule has 2 atom stereocenters. The number of hydrogen-bond acceptors (Lipinski definition) is 5. The van der Waals surface area contributed by atoms with Crippen LogP contribution in [-0.2, 0) is 14.8 Å². The fourth-order valence-electron chi connectivity index (χ4n) is 2.62. The predicted molar refractivity (Wildman–Crippen MR) is 81.3 cm³/mol. The minimum atomic E-state index is -3.77. The van der Waals surface area contributed by atoms with Gasteiger partial charge < -0.3 is 4.74 Å². The number of sulfonamides is 1. The molecule has 1 aliphatic rings. The first-order valence-corrected chi connectivity index (χ1v) is 8.48. The molecule has 1 aliphatic heterocycles. The van der Waals surface area contributed by atoms with Crippen molar-refractivity contribution in [3.8, 4) is 0 Å². The third kappa shape index (κ3) is 3.13. The summed E-state index contributed by atoms with van der Waals surface area (Å²) in [6.07, 6.45) is -0.417. The van der Waals surface area contributed by atoms with Crippen LogP contribution >= 0.6 is 0 Å². The van der Waals surface area contributed by atoms with Gasteiger partial charge in [0.1, 0.15) is 0 Å². The Bertz CT molecular complexity index is 691. The second-order valence-electron chi connectivity index (χ2n) is 5.72. The monoisotopic (exact) mass is 328 g/mol. The third-order valence-corrected chi connectivity index (χ3v) is 5.64. The van der Waals surface area contributed by atoms with E-state index in [0.717, 1.165) is 6.07 Å². The first-order chi connectivity index (χ1) is 10.1. The molecule has 22 heavy (non-hydrogen) atoms. The molecular weight excluding hydrogens is 308 g/mol. The van der Waals surface area contributed by atoms with Gasteiger partial charge in [-0.05, 0) is 39.3 Å². The number of aryl methyl sites for hydroxylation is 1. The molecule has 1 aromatic carbocycles. The molecule has 122 valence electrons. The van der Waals surface area contributed by atoms with E-state index in [4.69, 9.17) is 4.74 Å². The van der Waals surface area contributed by atoms with Crippen molar-refractivity contribution >= 4 is 15.7 Å². The van der Waals surface area contributed by atoms with Gasteiger partial charge in [-0.25, -0.2) is 8.42 Å². The Morgan fingerprint density at radius 3 is 2.27 bits per heavy atom. The first kappa shape index (κ1) is 16.9. The molecule has 0 saturated carbocycles. The van der Waals surface area contributed by atoms with Gasteiger partial charge in [0.25, 0.3) is 5.69 Å². The average molecular weight is 328 g/mol. The molecule has 0 aromatic heterocycles. The van der Waals surface area contributed by atoms with Crippen molar-refractivity contribution in [2.45, 2.75) is 44.8 Å². The number of ether oxygens (including phenoxy) is 1. The van der Waals surface area contributed by atoms with Gasteiger partial charge in [0.15, 0.2) is 0 Å². The van der Waals surface area contributed by atoms with E-state index in [1.54, 1.807) is 27.7 Å². The van der Waals surface area contributed by atoms with Crippen LogP contribution in [0.3, 0.4) is 0 Å². The lowest BCUT2D eigenvalue weighted by atomic mass is 10.1. The molecule has 1 fully saturated rings. The summed E-state index contributed by atoms with van der Waals surface area (Å²) in [6, 6.07) is 2.63. The smallest absolute Gasteiger partial charge is 0.273 e. The summed E-state index contributed by atoms with van der Waals surface area (Å²) >= 11 is 0. The topological polar surface area (TPSA) is 89.8 Å². The minimum absolute atomic E-state index is 0.0383. The zero-order valence-electron chi connectivity index (χ0n) is 13.1. The molecule has 0 N–H and O–H groups in total. The molecule has 0 spiro atoms. The van der Waals surface area contributed by atoms with Crippen molar-refractivity contribution in [1.82, 2.24) is 4.31 Å². The van der Waals surface area contributed by atoms with Crippen LogP contribution in [0, 0.1) is 24.0 Å². The van der Waals surface area contributed by atoms with Gasteiger partial charge in [-0.1, -0.05) is 0 Å². The molecular formula is C14H20N2O5S. The van der Waals surface area contributed by atoms with Gasteiger partial charge in [-0.2, -0.15) is 4.31 Å². The highest BCUT2D eigenvalue weighted by molar-refractivity contribution is 7.89. The van der Waals surface area contributed by atoms with Gasteiger partial charge in [-0.3, -0.25) is 10.1 Å². The summed E-state index contributed by atoms with van der Waals surface area (Å²) < 4.78 is 32.4. The lowest BCUT2D eigenvalue weighted by molar-refractivity contribution is -0.385. The van der Waals surface area contributed by atoms with Crippen molar-refractivity contribution in [2.24, 2.45) is 0 Å². The Morgan fingerprint density at radius 2 is 1.77 bits per heavy atom. The van der Waals surface area contributed by atoms with Crippen LogP contribution in [0.1, 0.15) is 25.0 Å². The number of rotatable bonds is 3. The van der Waals surface area contributed by atoms with Crippen LogP contribution in [0.25, 0.3) is 0 Å². The number of benzene rings is 1. The van der Waals surface area contributed by atoms with Gasteiger partial charge in [0, 0.05) is 24.7 Å². The van der Waals surface area contributed by atoms with E-state index < -0.39 is 14.9 Å². The SMILES string of the molecule is Cc1cc(S(=O)(=O)N2C[C@@H](C)O[C@@H](C)C2)cc([N+](=O)[O-])c1C. The first-order valence-electron chi connectivity index (χ1n) is 7.04. The van der Waals surface area contributed by atoms with Crippen molar-refractivity contribution in [2.75, 3.05) is 13.1 Å². The number of nitro benzene ring substituents is 1. The molecule has 8 heteroatoms. The van der Waals surface area contributed by atoms with Crippen LogP contribution in [0.15, 0.2) is 17.0 Å². The quantitative estimate of drug-likeness (QED) is 0.625. The molecule has 1 saturated heterocycles. The molecule has 7 nitrogen and oxygen atoms in total. The summed E-state index contributed by atoms with van der Waals surface area (Å²) in [5, 5.41) is 11.1. The van der Waals surface area contributed by atoms with Gasteiger partial charge in [0.2, 0.25) is 10.0 Å². The highest BCUT2D eigenvalue weighted by Gasteiger charge is 2.33. The molecule has 0 bridgehead atoms. The third-order valence-electron chi connectivity index (χ3n) is 3.83. The van der Waals surface area contributed by atoms with Crippen molar-refractivity contribution in [1.29, 1.82) is 0 Å². The fourth-order valence-corrected chi connectivity index (χ4v) is 4.32. The van der Waals surface area contributed by atoms with E-state index in [9.17, 15) is 18.5 Å². The van der Waals surface area contributed by atoms with E-state index in [0.29, 0.717) is 11.1 Å². The second-order valence-corrected chi connectivity index (χ2v) is 7.66.